The third kappa shape index (κ3) is 4.72. The topological polar surface area (TPSA) is 74.6 Å². The Morgan fingerprint density at radius 1 is 1.28 bits per heavy atom. The van der Waals surface area contributed by atoms with Crippen molar-refractivity contribution >= 4 is 5.91 Å². The van der Waals surface area contributed by atoms with Gasteiger partial charge in [0, 0.05) is 50.3 Å². The molecule has 1 aromatic heterocycles. The molecule has 0 radical (unpaired) electrons. The summed E-state index contributed by atoms with van der Waals surface area (Å²) in [5.74, 6) is 2.73. The monoisotopic (exact) mass is 401 g/mol. The van der Waals surface area contributed by atoms with Gasteiger partial charge in [-0.05, 0) is 30.5 Å². The minimum absolute atomic E-state index is 0.0127. The van der Waals surface area contributed by atoms with Gasteiger partial charge < -0.3 is 24.1 Å². The molecule has 2 unspecified atom stereocenters. The molecule has 1 aliphatic rings. The Kier molecular flexibility index (Phi) is 7.14. The average molecular weight is 402 g/mol. The van der Waals surface area contributed by atoms with Gasteiger partial charge in [-0.1, -0.05) is 13.0 Å². The molecule has 2 atom stereocenters. The number of hydrogen-bond donors (Lipinski definition) is 1. The van der Waals surface area contributed by atoms with Gasteiger partial charge in [-0.15, -0.1) is 0 Å². The number of nitrogens with zero attached hydrogens (tertiary/aromatic N) is 2. The zero-order valence-electron chi connectivity index (χ0n) is 17.7. The molecule has 158 valence electrons. The lowest BCUT2D eigenvalue weighted by molar-refractivity contribution is -0.121. The van der Waals surface area contributed by atoms with Gasteiger partial charge in [0.25, 0.3) is 0 Å². The van der Waals surface area contributed by atoms with Crippen molar-refractivity contribution in [2.24, 2.45) is 0 Å². The van der Waals surface area contributed by atoms with Crippen LogP contribution in [0.15, 0.2) is 24.4 Å². The molecule has 0 fully saturated rings. The molecule has 7 heteroatoms. The van der Waals surface area contributed by atoms with Gasteiger partial charge in [0.15, 0.2) is 11.5 Å². The van der Waals surface area contributed by atoms with Crippen LogP contribution in [0.2, 0.25) is 0 Å². The van der Waals surface area contributed by atoms with E-state index in [1.807, 2.05) is 24.4 Å². The van der Waals surface area contributed by atoms with Crippen LogP contribution in [-0.4, -0.2) is 49.9 Å². The molecule has 0 saturated heterocycles. The van der Waals surface area contributed by atoms with Crippen LogP contribution in [0.5, 0.6) is 11.5 Å². The smallest absolute Gasteiger partial charge is 0.221 e. The van der Waals surface area contributed by atoms with Crippen LogP contribution in [0.25, 0.3) is 0 Å². The fourth-order valence-corrected chi connectivity index (χ4v) is 4.02. The SMILES string of the molecule is COCCNC(=O)CC(c1ccc(OC)c(OC)c1)c1cnc2n1CCCC2C. The zero-order valence-corrected chi connectivity index (χ0v) is 17.7. The number of carbonyl (C=O) groups is 1. The Labute approximate surface area is 172 Å². The molecule has 0 saturated carbocycles. The van der Waals surface area contributed by atoms with E-state index in [2.05, 4.69) is 16.8 Å². The van der Waals surface area contributed by atoms with Crippen LogP contribution < -0.4 is 14.8 Å². The van der Waals surface area contributed by atoms with E-state index in [1.54, 1.807) is 21.3 Å². The van der Waals surface area contributed by atoms with E-state index >= 15 is 0 Å². The van der Waals surface area contributed by atoms with E-state index in [-0.39, 0.29) is 11.8 Å². The summed E-state index contributed by atoms with van der Waals surface area (Å²) in [4.78, 5) is 17.4. The van der Waals surface area contributed by atoms with Crippen molar-refractivity contribution in [1.82, 2.24) is 14.9 Å². The summed E-state index contributed by atoms with van der Waals surface area (Å²) in [6.07, 6.45) is 4.53. The molecule has 1 aromatic carbocycles. The molecule has 0 bridgehead atoms. The summed E-state index contributed by atoms with van der Waals surface area (Å²) in [7, 11) is 4.86. The predicted molar refractivity (Wildman–Crippen MR) is 111 cm³/mol. The van der Waals surface area contributed by atoms with Gasteiger partial charge >= 0.3 is 0 Å². The predicted octanol–water partition coefficient (Wildman–Crippen LogP) is 3.08. The summed E-state index contributed by atoms with van der Waals surface area (Å²) in [5, 5.41) is 2.94. The highest BCUT2D eigenvalue weighted by Crippen LogP contribution is 2.37. The second kappa shape index (κ2) is 9.78. The Hall–Kier alpha value is -2.54. The van der Waals surface area contributed by atoms with Crippen molar-refractivity contribution in [3.63, 3.8) is 0 Å². The summed E-state index contributed by atoms with van der Waals surface area (Å²) in [5.41, 5.74) is 2.08. The lowest BCUT2D eigenvalue weighted by atomic mass is 9.91. The fourth-order valence-electron chi connectivity index (χ4n) is 4.02. The van der Waals surface area contributed by atoms with Crippen molar-refractivity contribution in [3.8, 4) is 11.5 Å². The van der Waals surface area contributed by atoms with Gasteiger partial charge in [0.05, 0.1) is 20.8 Å². The van der Waals surface area contributed by atoms with Crippen LogP contribution in [0.3, 0.4) is 0 Å². The molecule has 0 aliphatic carbocycles. The minimum atomic E-state index is -0.121. The molecular formula is C22H31N3O4. The van der Waals surface area contributed by atoms with Crippen LogP contribution >= 0.6 is 0 Å². The maximum absolute atomic E-state index is 12.7. The van der Waals surface area contributed by atoms with Gasteiger partial charge in [-0.2, -0.15) is 0 Å². The lowest BCUT2D eigenvalue weighted by Crippen LogP contribution is -2.29. The van der Waals surface area contributed by atoms with Crippen molar-refractivity contribution in [2.45, 2.75) is 44.6 Å². The molecular weight excluding hydrogens is 370 g/mol. The van der Waals surface area contributed by atoms with Gasteiger partial charge in [-0.25, -0.2) is 4.98 Å². The molecule has 1 amide bonds. The molecule has 3 rings (SSSR count). The number of aromatic nitrogens is 2. The first-order chi connectivity index (χ1) is 14.1. The van der Waals surface area contributed by atoms with E-state index in [9.17, 15) is 4.79 Å². The number of rotatable bonds is 9. The number of methoxy groups -OCH3 is 3. The second-order valence-corrected chi connectivity index (χ2v) is 7.45. The average Bonchev–Trinajstić information content (AvgIpc) is 3.17. The van der Waals surface area contributed by atoms with E-state index < -0.39 is 0 Å². The molecule has 2 aromatic rings. The van der Waals surface area contributed by atoms with Gasteiger partial charge in [-0.3, -0.25) is 4.79 Å². The largest absolute Gasteiger partial charge is 0.493 e. The Morgan fingerprint density at radius 3 is 2.79 bits per heavy atom. The van der Waals surface area contributed by atoms with Gasteiger partial charge in [0.2, 0.25) is 5.91 Å². The lowest BCUT2D eigenvalue weighted by Gasteiger charge is -2.25. The number of ether oxygens (including phenoxy) is 3. The summed E-state index contributed by atoms with van der Waals surface area (Å²) >= 11 is 0. The first-order valence-corrected chi connectivity index (χ1v) is 10.1. The first kappa shape index (κ1) is 21.2. The van der Waals surface area contributed by atoms with Crippen molar-refractivity contribution < 1.29 is 19.0 Å². The summed E-state index contributed by atoms with van der Waals surface area (Å²) in [6, 6.07) is 5.85. The van der Waals surface area contributed by atoms with Crippen LogP contribution in [0.1, 0.15) is 55.1 Å². The van der Waals surface area contributed by atoms with E-state index in [4.69, 9.17) is 19.2 Å². The first-order valence-electron chi connectivity index (χ1n) is 10.1. The molecule has 1 N–H and O–H groups in total. The number of benzene rings is 1. The molecule has 7 nitrogen and oxygen atoms in total. The van der Waals surface area contributed by atoms with E-state index in [1.165, 1.54) is 0 Å². The minimum Gasteiger partial charge on any atom is -0.493 e. The zero-order chi connectivity index (χ0) is 20.8. The van der Waals surface area contributed by atoms with Gasteiger partial charge in [0.1, 0.15) is 5.82 Å². The van der Waals surface area contributed by atoms with Crippen LogP contribution in [-0.2, 0) is 16.1 Å². The Morgan fingerprint density at radius 2 is 2.07 bits per heavy atom. The second-order valence-electron chi connectivity index (χ2n) is 7.45. The standard InChI is InChI=1S/C22H31N3O4/c1-15-6-5-10-25-18(14-24-22(15)25)17(13-21(26)23-9-11-27-2)16-7-8-19(28-3)20(12-16)29-4/h7-8,12,14-15,17H,5-6,9-11,13H2,1-4H3,(H,23,26). The number of nitrogens with one attached hydrogen (secondary N) is 1. The molecule has 1 aliphatic heterocycles. The number of fused-ring (bicyclic) bond motifs is 1. The maximum atomic E-state index is 12.7. The van der Waals surface area contributed by atoms with E-state index in [0.29, 0.717) is 37.0 Å². The summed E-state index contributed by atoms with van der Waals surface area (Å²) < 4.78 is 18.2. The third-order valence-corrected chi connectivity index (χ3v) is 5.56. The highest BCUT2D eigenvalue weighted by molar-refractivity contribution is 5.77. The quantitative estimate of drug-likeness (QED) is 0.654. The van der Waals surface area contributed by atoms with Crippen molar-refractivity contribution in [1.29, 1.82) is 0 Å². The Bertz CT molecular complexity index is 833. The maximum Gasteiger partial charge on any atom is 0.221 e. The van der Waals surface area contributed by atoms with E-state index in [0.717, 1.165) is 36.5 Å². The number of amides is 1. The highest BCUT2D eigenvalue weighted by atomic mass is 16.5. The third-order valence-electron chi connectivity index (χ3n) is 5.56. The molecule has 29 heavy (non-hydrogen) atoms. The molecule has 0 spiro atoms. The highest BCUT2D eigenvalue weighted by Gasteiger charge is 2.27. The van der Waals surface area contributed by atoms with Crippen molar-refractivity contribution in [3.05, 3.63) is 41.5 Å². The Balaban J connectivity index is 1.96. The van der Waals surface area contributed by atoms with Crippen LogP contribution in [0.4, 0.5) is 0 Å². The fraction of sp³-hybridized carbons (Fsp3) is 0.545. The molecule has 2 heterocycles. The number of imidazole rings is 1. The number of hydrogen-bond acceptors (Lipinski definition) is 5. The van der Waals surface area contributed by atoms with Crippen molar-refractivity contribution in [2.75, 3.05) is 34.5 Å². The van der Waals surface area contributed by atoms with Crippen LogP contribution in [0, 0.1) is 0 Å². The summed E-state index contributed by atoms with van der Waals surface area (Å²) in [6.45, 7) is 4.14. The normalized spacial score (nSPS) is 16.8. The number of carbonyl (C=O) groups excluding carboxylic acids is 1.